The van der Waals surface area contributed by atoms with Crippen LogP contribution in [0.15, 0.2) is 36.4 Å². The summed E-state index contributed by atoms with van der Waals surface area (Å²) in [6, 6.07) is 10.3. The second-order valence-electron chi connectivity index (χ2n) is 1.91. The van der Waals surface area contributed by atoms with Crippen LogP contribution in [0, 0.1) is 0 Å². The molecule has 0 aliphatic carbocycles. The van der Waals surface area contributed by atoms with Crippen LogP contribution < -0.4 is 34.0 Å². The fraction of sp³-hybridized carbons (Fsp3) is 0.111. The summed E-state index contributed by atoms with van der Waals surface area (Å²) >= 11 is 0. The molecule has 0 radical (unpaired) electrons. The first kappa shape index (κ1) is 18.5. The van der Waals surface area contributed by atoms with E-state index in [0.29, 0.717) is 0 Å². The van der Waals surface area contributed by atoms with Crippen LogP contribution >= 0.6 is 0 Å². The summed E-state index contributed by atoms with van der Waals surface area (Å²) < 4.78 is 0. The van der Waals surface area contributed by atoms with Gasteiger partial charge >= 0.3 is 23.1 Å². The Morgan fingerprint density at radius 1 is 1.00 bits per heavy atom. The van der Waals surface area contributed by atoms with E-state index in [0.717, 1.165) is 0 Å². The van der Waals surface area contributed by atoms with Crippen molar-refractivity contribution >= 4 is 29.1 Å². The summed E-state index contributed by atoms with van der Waals surface area (Å²) in [6.07, 6.45) is 4.12. The van der Waals surface area contributed by atoms with Crippen molar-refractivity contribution in [3.8, 4) is 0 Å². The molecule has 0 aliphatic heterocycles. The van der Waals surface area contributed by atoms with E-state index in [1.165, 1.54) is 5.56 Å². The summed E-state index contributed by atoms with van der Waals surface area (Å²) in [5, 5.41) is 0. The summed E-state index contributed by atoms with van der Waals surface area (Å²) in [6.45, 7) is 2.02. The Labute approximate surface area is 111 Å². The Bertz CT molecular complexity index is 197. The molecule has 0 bridgehead atoms. The first-order valence-corrected chi connectivity index (χ1v) is 3.11. The first-order chi connectivity index (χ1) is 4.43. The third kappa shape index (κ3) is 7.34. The van der Waals surface area contributed by atoms with Gasteiger partial charge in [0, 0.05) is 0 Å². The number of hydrogen-bond acceptors (Lipinski definition) is 0. The Morgan fingerprint density at radius 2 is 1.50 bits per heavy atom. The minimum atomic E-state index is 0. The predicted octanol–water partition coefficient (Wildman–Crippen LogP) is -3.65. The van der Waals surface area contributed by atoms with E-state index in [2.05, 4.69) is 18.2 Å². The summed E-state index contributed by atoms with van der Waals surface area (Å²) in [4.78, 5) is 0. The normalized spacial score (nSPS) is 7.75. The van der Waals surface area contributed by atoms with Crippen LogP contribution in [0.1, 0.15) is 12.5 Å². The minimum absolute atomic E-state index is 0. The van der Waals surface area contributed by atoms with E-state index >= 15 is 0 Å². The van der Waals surface area contributed by atoms with Crippen LogP contribution in [0.3, 0.4) is 0 Å². The third-order valence-electron chi connectivity index (χ3n) is 1.16. The maximum Gasteiger partial charge on any atom is 2.00 e. The van der Waals surface area contributed by atoms with Gasteiger partial charge in [0.05, 0.1) is 0 Å². The van der Waals surface area contributed by atoms with Crippen LogP contribution in [0.25, 0.3) is 6.08 Å². The van der Waals surface area contributed by atoms with Crippen LogP contribution in [-0.4, -0.2) is 23.1 Å². The summed E-state index contributed by atoms with van der Waals surface area (Å²) in [5.41, 5.74) is 1.26. The Kier molecular flexibility index (Phi) is 18.0. The van der Waals surface area contributed by atoms with Gasteiger partial charge in [0.2, 0.25) is 0 Å². The van der Waals surface area contributed by atoms with Crippen molar-refractivity contribution in [1.29, 1.82) is 0 Å². The van der Waals surface area contributed by atoms with Crippen LogP contribution in [0.2, 0.25) is 0 Å². The molecule has 1 rings (SSSR count). The van der Waals surface area contributed by atoms with Gasteiger partial charge in [0.15, 0.2) is 0 Å². The van der Waals surface area contributed by atoms with E-state index in [1.54, 1.807) is 0 Å². The maximum atomic E-state index is 2.08. The van der Waals surface area contributed by atoms with Gasteiger partial charge in [0.1, 0.15) is 0 Å². The monoisotopic (exact) mass is 300 g/mol. The van der Waals surface area contributed by atoms with E-state index in [9.17, 15) is 0 Å². The van der Waals surface area contributed by atoms with Crippen molar-refractivity contribution in [2.75, 3.05) is 0 Å². The van der Waals surface area contributed by atoms with Crippen LogP contribution in [-0.2, 0) is 0 Å². The Hall–Kier alpha value is 0.686. The molecule has 0 spiro atoms. The molecule has 0 heterocycles. The number of allylic oxidation sites excluding steroid dienone is 1. The standard InChI is InChI=1S/C9H10.2BrH.Mg/c1-2-6-9-7-4-3-5-8-9;;;/h2-8H,1H3;2*1H;/q;;;+2/p-2. The van der Waals surface area contributed by atoms with Crippen LogP contribution in [0.5, 0.6) is 0 Å². The molecular weight excluding hydrogens is 292 g/mol. The van der Waals surface area contributed by atoms with Crippen molar-refractivity contribution in [1.82, 2.24) is 0 Å². The second-order valence-corrected chi connectivity index (χ2v) is 1.91. The van der Waals surface area contributed by atoms with Gasteiger partial charge in [-0.05, 0) is 12.5 Å². The van der Waals surface area contributed by atoms with E-state index in [4.69, 9.17) is 0 Å². The van der Waals surface area contributed by atoms with Gasteiger partial charge in [-0.1, -0.05) is 42.5 Å². The van der Waals surface area contributed by atoms with Gasteiger partial charge in [-0.3, -0.25) is 0 Å². The summed E-state index contributed by atoms with van der Waals surface area (Å²) in [7, 11) is 0. The number of rotatable bonds is 1. The fourth-order valence-electron chi connectivity index (χ4n) is 0.757. The van der Waals surface area contributed by atoms with Gasteiger partial charge in [0.25, 0.3) is 0 Å². The van der Waals surface area contributed by atoms with Gasteiger partial charge < -0.3 is 34.0 Å². The molecule has 12 heavy (non-hydrogen) atoms. The Morgan fingerprint density at radius 3 is 1.92 bits per heavy atom. The molecule has 62 valence electrons. The third-order valence-corrected chi connectivity index (χ3v) is 1.16. The maximum absolute atomic E-state index is 2.08. The van der Waals surface area contributed by atoms with Gasteiger partial charge in [-0.15, -0.1) is 0 Å². The average Bonchev–Trinajstić information content (AvgIpc) is 1.91. The zero-order chi connectivity index (χ0) is 6.53. The zero-order valence-corrected chi connectivity index (χ0v) is 11.6. The molecular formula is C9H10Br2Mg. The van der Waals surface area contributed by atoms with Crippen molar-refractivity contribution < 1.29 is 34.0 Å². The van der Waals surface area contributed by atoms with Crippen LogP contribution in [0.4, 0.5) is 0 Å². The second kappa shape index (κ2) is 11.7. The molecule has 0 nitrogen and oxygen atoms in total. The molecule has 0 aliphatic rings. The topological polar surface area (TPSA) is 0 Å². The Balaban J connectivity index is -0.000000270. The van der Waals surface area contributed by atoms with Crippen molar-refractivity contribution in [3.63, 3.8) is 0 Å². The number of halogens is 2. The molecule has 1 aromatic rings. The SMILES string of the molecule is CC=Cc1ccccc1.[Br-].[Br-].[Mg+2]. The smallest absolute Gasteiger partial charge is 1.00 e. The molecule has 0 N–H and O–H groups in total. The summed E-state index contributed by atoms with van der Waals surface area (Å²) in [5.74, 6) is 0. The van der Waals surface area contributed by atoms with E-state index in [-0.39, 0.29) is 57.0 Å². The molecule has 0 fully saturated rings. The van der Waals surface area contributed by atoms with Crippen molar-refractivity contribution in [2.45, 2.75) is 6.92 Å². The molecule has 0 saturated heterocycles. The van der Waals surface area contributed by atoms with Crippen molar-refractivity contribution in [2.24, 2.45) is 0 Å². The molecule has 0 unspecified atom stereocenters. The minimum Gasteiger partial charge on any atom is -1.00 e. The quantitative estimate of drug-likeness (QED) is 0.469. The molecule has 0 amide bonds. The fourth-order valence-corrected chi connectivity index (χ4v) is 0.757. The average molecular weight is 302 g/mol. The van der Waals surface area contributed by atoms with Gasteiger partial charge in [-0.25, -0.2) is 0 Å². The molecule has 1 aromatic carbocycles. The largest absolute Gasteiger partial charge is 2.00 e. The predicted molar refractivity (Wildman–Crippen MR) is 46.9 cm³/mol. The molecule has 0 saturated carbocycles. The van der Waals surface area contributed by atoms with E-state index < -0.39 is 0 Å². The number of hydrogen-bond donors (Lipinski definition) is 0. The molecule has 0 aromatic heterocycles. The van der Waals surface area contributed by atoms with E-state index in [1.807, 2.05) is 31.2 Å². The molecule has 3 heteroatoms. The number of benzene rings is 1. The first-order valence-electron chi connectivity index (χ1n) is 3.11. The zero-order valence-electron chi connectivity index (χ0n) is 7.00. The van der Waals surface area contributed by atoms with Crippen molar-refractivity contribution in [3.05, 3.63) is 42.0 Å². The molecule has 0 atom stereocenters. The van der Waals surface area contributed by atoms with Gasteiger partial charge in [-0.2, -0.15) is 0 Å².